The van der Waals surface area contributed by atoms with Gasteiger partial charge in [-0.05, 0) is 47.5 Å². The van der Waals surface area contributed by atoms with Crippen molar-refractivity contribution in [2.75, 3.05) is 17.2 Å². The molecule has 0 saturated heterocycles. The van der Waals surface area contributed by atoms with E-state index >= 15 is 0 Å². The van der Waals surface area contributed by atoms with E-state index in [1.807, 2.05) is 0 Å². The number of carbonyl (C=O) groups is 4. The van der Waals surface area contributed by atoms with Gasteiger partial charge in [-0.25, -0.2) is 9.78 Å². The van der Waals surface area contributed by atoms with Crippen LogP contribution in [0.3, 0.4) is 0 Å². The number of halogens is 2. The molecular weight excluding hydrogens is 409 g/mol. The number of pyridine rings is 1. The summed E-state index contributed by atoms with van der Waals surface area (Å²) in [5, 5.41) is 3.08. The lowest BCUT2D eigenvalue weighted by atomic mass is 10.1. The molecule has 2 rings (SSSR count). The molecule has 0 fully saturated rings. The molecule has 0 saturated carbocycles. The maximum Gasteiger partial charge on any atom is 0.411 e. The van der Waals surface area contributed by atoms with Gasteiger partial charge in [0.1, 0.15) is 18.0 Å². The Hall–Kier alpha value is -3.23. The van der Waals surface area contributed by atoms with Crippen LogP contribution in [-0.2, 0) is 4.74 Å². The number of hydrogen-bond acceptors (Lipinski definition) is 6. The molecule has 0 aliphatic carbocycles. The van der Waals surface area contributed by atoms with Crippen LogP contribution in [0.15, 0.2) is 49.1 Å². The Bertz CT molecular complexity index is 930. The monoisotopic (exact) mass is 421 g/mol. The third-order valence-electron chi connectivity index (χ3n) is 3.23. The van der Waals surface area contributed by atoms with E-state index in [-0.39, 0.29) is 34.9 Å². The van der Waals surface area contributed by atoms with Crippen molar-refractivity contribution in [1.29, 1.82) is 0 Å². The van der Waals surface area contributed by atoms with Crippen molar-refractivity contribution >= 4 is 57.1 Å². The zero-order valence-corrected chi connectivity index (χ0v) is 15.7. The molecule has 0 aliphatic rings. The Balaban J connectivity index is 2.28. The molecule has 2 N–H and O–H groups in total. The average molecular weight is 422 g/mol. The highest BCUT2D eigenvalue weighted by atomic mass is 35.5. The fourth-order valence-electron chi connectivity index (χ4n) is 2.07. The van der Waals surface area contributed by atoms with E-state index in [2.05, 4.69) is 22.2 Å². The van der Waals surface area contributed by atoms with Crippen LogP contribution in [0.25, 0.3) is 0 Å². The lowest BCUT2D eigenvalue weighted by Gasteiger charge is -2.12. The standard InChI is InChI=1S/C18H13Cl2N3O5/c1-2-7-28-18(27)23-12-6-4-3-5-11(12)17(26)21-10-8-13(15(19)24)22-14(9-10)16(20)25/h2-6,8-9H,1,7H2,(H,23,27)(H,21,22,26). The van der Waals surface area contributed by atoms with Crippen LogP contribution in [0.2, 0.25) is 0 Å². The molecule has 1 aromatic heterocycles. The summed E-state index contributed by atoms with van der Waals surface area (Å²) in [5.41, 5.74) is -0.166. The molecule has 0 unspecified atom stereocenters. The van der Waals surface area contributed by atoms with Crippen molar-refractivity contribution in [3.63, 3.8) is 0 Å². The van der Waals surface area contributed by atoms with E-state index in [9.17, 15) is 19.2 Å². The number of rotatable bonds is 7. The maximum atomic E-state index is 12.6. The quantitative estimate of drug-likeness (QED) is 0.518. The van der Waals surface area contributed by atoms with Crippen molar-refractivity contribution in [2.45, 2.75) is 0 Å². The third-order valence-corrected chi connectivity index (χ3v) is 3.61. The van der Waals surface area contributed by atoms with Gasteiger partial charge in [0.25, 0.3) is 16.4 Å². The maximum absolute atomic E-state index is 12.6. The van der Waals surface area contributed by atoms with Gasteiger partial charge in [0.05, 0.1) is 11.3 Å². The fourth-order valence-corrected chi connectivity index (χ4v) is 2.27. The minimum atomic E-state index is -0.928. The zero-order chi connectivity index (χ0) is 20.7. The second kappa shape index (κ2) is 9.63. The van der Waals surface area contributed by atoms with Crippen LogP contribution in [0.4, 0.5) is 16.2 Å². The van der Waals surface area contributed by atoms with Crippen molar-refractivity contribution in [2.24, 2.45) is 0 Å². The largest absolute Gasteiger partial charge is 0.445 e. The number of aromatic nitrogens is 1. The summed E-state index contributed by atoms with van der Waals surface area (Å²) in [5.74, 6) is -0.633. The molecule has 2 aromatic rings. The number of para-hydroxylation sites is 1. The zero-order valence-electron chi connectivity index (χ0n) is 14.2. The molecular formula is C18H13Cl2N3O5. The van der Waals surface area contributed by atoms with Gasteiger partial charge in [0, 0.05) is 5.69 Å². The Morgan fingerprint density at radius 1 is 1.04 bits per heavy atom. The van der Waals surface area contributed by atoms with E-state index in [0.29, 0.717) is 0 Å². The predicted octanol–water partition coefficient (Wildman–Crippen LogP) is 3.83. The number of benzene rings is 1. The average Bonchev–Trinajstić information content (AvgIpc) is 2.66. The summed E-state index contributed by atoms with van der Waals surface area (Å²) in [6.45, 7) is 3.43. The lowest BCUT2D eigenvalue weighted by Crippen LogP contribution is -2.19. The van der Waals surface area contributed by atoms with E-state index in [0.717, 1.165) is 0 Å². The van der Waals surface area contributed by atoms with Gasteiger partial charge in [-0.2, -0.15) is 0 Å². The van der Waals surface area contributed by atoms with Crippen molar-refractivity contribution < 1.29 is 23.9 Å². The highest BCUT2D eigenvalue weighted by Gasteiger charge is 2.17. The second-order valence-electron chi connectivity index (χ2n) is 5.19. The summed E-state index contributed by atoms with van der Waals surface area (Å²) < 4.78 is 4.82. The first kappa shape index (κ1) is 21.1. The van der Waals surface area contributed by atoms with Gasteiger partial charge in [0.2, 0.25) is 0 Å². The van der Waals surface area contributed by atoms with Crippen LogP contribution < -0.4 is 10.6 Å². The molecule has 144 valence electrons. The summed E-state index contributed by atoms with van der Waals surface area (Å²) in [6, 6.07) is 8.53. The van der Waals surface area contributed by atoms with Crippen molar-refractivity contribution in [3.8, 4) is 0 Å². The summed E-state index contributed by atoms with van der Waals surface area (Å²) in [6.07, 6.45) is 0.627. The second-order valence-corrected chi connectivity index (χ2v) is 5.87. The highest BCUT2D eigenvalue weighted by molar-refractivity contribution is 6.68. The first-order valence-corrected chi connectivity index (χ1v) is 8.44. The predicted molar refractivity (Wildman–Crippen MR) is 104 cm³/mol. The smallest absolute Gasteiger partial charge is 0.411 e. The van der Waals surface area contributed by atoms with Gasteiger partial charge < -0.3 is 10.1 Å². The number of ether oxygens (including phenoxy) is 1. The lowest BCUT2D eigenvalue weighted by molar-refractivity contribution is 0.102. The SMILES string of the molecule is C=CCOC(=O)Nc1ccccc1C(=O)Nc1cc(C(=O)Cl)nc(C(=O)Cl)c1. The minimum absolute atomic E-state index is 0.00166. The van der Waals surface area contributed by atoms with Crippen molar-refractivity contribution in [1.82, 2.24) is 4.98 Å². The Morgan fingerprint density at radius 2 is 1.64 bits per heavy atom. The topological polar surface area (TPSA) is 114 Å². The molecule has 0 radical (unpaired) electrons. The van der Waals surface area contributed by atoms with Gasteiger partial charge >= 0.3 is 6.09 Å². The van der Waals surface area contributed by atoms with Gasteiger partial charge in [-0.3, -0.25) is 19.7 Å². The molecule has 0 aliphatic heterocycles. The number of amides is 2. The van der Waals surface area contributed by atoms with Crippen LogP contribution in [-0.4, -0.2) is 34.1 Å². The number of nitrogens with one attached hydrogen (secondary N) is 2. The number of hydrogen-bond donors (Lipinski definition) is 2. The number of anilines is 2. The molecule has 28 heavy (non-hydrogen) atoms. The summed E-state index contributed by atoms with van der Waals surface area (Å²) >= 11 is 10.8. The number of nitrogens with zero attached hydrogens (tertiary/aromatic N) is 1. The van der Waals surface area contributed by atoms with Gasteiger partial charge in [-0.15, -0.1) is 0 Å². The summed E-state index contributed by atoms with van der Waals surface area (Å²) in [7, 11) is 0. The van der Waals surface area contributed by atoms with Crippen LogP contribution in [0.5, 0.6) is 0 Å². The van der Waals surface area contributed by atoms with Crippen LogP contribution >= 0.6 is 23.2 Å². The number of carbonyl (C=O) groups excluding carboxylic acids is 4. The molecule has 2 amide bonds. The molecule has 1 aromatic carbocycles. The highest BCUT2D eigenvalue weighted by Crippen LogP contribution is 2.20. The van der Waals surface area contributed by atoms with E-state index in [4.69, 9.17) is 27.9 Å². The van der Waals surface area contributed by atoms with E-state index < -0.39 is 22.5 Å². The van der Waals surface area contributed by atoms with Crippen LogP contribution in [0.1, 0.15) is 31.3 Å². The minimum Gasteiger partial charge on any atom is -0.445 e. The third kappa shape index (κ3) is 5.63. The fraction of sp³-hybridized carbons (Fsp3) is 0.0556. The Morgan fingerprint density at radius 3 is 2.21 bits per heavy atom. The van der Waals surface area contributed by atoms with E-state index in [1.165, 1.54) is 30.3 Å². The normalized spacial score (nSPS) is 9.93. The van der Waals surface area contributed by atoms with Crippen LogP contribution in [0, 0.1) is 0 Å². The Kier molecular flexibility index (Phi) is 7.25. The van der Waals surface area contributed by atoms with Crippen molar-refractivity contribution in [3.05, 3.63) is 66.0 Å². The first-order chi connectivity index (χ1) is 13.3. The van der Waals surface area contributed by atoms with Gasteiger partial charge in [0.15, 0.2) is 0 Å². The summed E-state index contributed by atoms with van der Waals surface area (Å²) in [4.78, 5) is 50.8. The molecule has 1 heterocycles. The molecule has 10 heteroatoms. The first-order valence-electron chi connectivity index (χ1n) is 7.68. The Labute approximate surface area is 169 Å². The molecule has 8 nitrogen and oxygen atoms in total. The molecule has 0 atom stereocenters. The molecule has 0 spiro atoms. The molecule has 0 bridgehead atoms. The van der Waals surface area contributed by atoms with Gasteiger partial charge in [-0.1, -0.05) is 24.8 Å². The van der Waals surface area contributed by atoms with E-state index in [1.54, 1.807) is 12.1 Å².